The van der Waals surface area contributed by atoms with Crippen molar-refractivity contribution in [1.82, 2.24) is 9.80 Å². The van der Waals surface area contributed by atoms with Crippen LogP contribution in [0.2, 0.25) is 0 Å². The van der Waals surface area contributed by atoms with Gasteiger partial charge in [-0.25, -0.2) is 0 Å². The minimum absolute atomic E-state index is 0.193. The van der Waals surface area contributed by atoms with Gasteiger partial charge < -0.3 is 14.7 Å². The van der Waals surface area contributed by atoms with Crippen LogP contribution in [-0.2, 0) is 9.53 Å². The van der Waals surface area contributed by atoms with Crippen LogP contribution in [0.25, 0.3) is 0 Å². The van der Waals surface area contributed by atoms with E-state index in [0.29, 0.717) is 17.8 Å². The van der Waals surface area contributed by atoms with Gasteiger partial charge >= 0.3 is 0 Å². The van der Waals surface area contributed by atoms with Crippen molar-refractivity contribution in [2.75, 3.05) is 26.2 Å². The molecule has 0 aliphatic carbocycles. The smallest absolute Gasteiger partial charge is 0.251 e. The van der Waals surface area contributed by atoms with Crippen LogP contribution >= 0.6 is 0 Å². The predicted molar refractivity (Wildman–Crippen MR) is 99.9 cm³/mol. The number of benzene rings is 1. The maximum absolute atomic E-state index is 12.6. The first-order valence-electron chi connectivity index (χ1n) is 9.95. The Kier molecular flexibility index (Phi) is 4.70. The van der Waals surface area contributed by atoms with E-state index in [9.17, 15) is 9.90 Å². The highest BCUT2D eigenvalue weighted by Crippen LogP contribution is 2.55. The van der Waals surface area contributed by atoms with Gasteiger partial charge in [0.2, 0.25) is 0 Å². The van der Waals surface area contributed by atoms with Crippen molar-refractivity contribution < 1.29 is 14.6 Å². The quantitative estimate of drug-likeness (QED) is 0.903. The number of carbonyl (C=O) groups excluding carboxylic acids is 1. The summed E-state index contributed by atoms with van der Waals surface area (Å²) in [7, 11) is 0. The van der Waals surface area contributed by atoms with Crippen molar-refractivity contribution in [1.29, 1.82) is 0 Å². The first-order chi connectivity index (χ1) is 12.5. The van der Waals surface area contributed by atoms with Gasteiger partial charge in [-0.1, -0.05) is 12.1 Å². The van der Waals surface area contributed by atoms with Gasteiger partial charge in [-0.05, 0) is 57.2 Å². The second-order valence-corrected chi connectivity index (χ2v) is 8.45. The van der Waals surface area contributed by atoms with E-state index in [1.54, 1.807) is 12.1 Å². The molecule has 3 heterocycles. The number of nitrogens with zero attached hydrogens (tertiary/aromatic N) is 2. The molecule has 0 saturated carbocycles. The lowest BCUT2D eigenvalue weighted by Gasteiger charge is -2.62. The van der Waals surface area contributed by atoms with Crippen LogP contribution < -0.4 is 0 Å². The molecule has 2 unspecified atom stereocenters. The SMILES string of the molecule is CC(C)N1CC2(CCN(C(=O)C3CCCO3)CC2)C1c1ccc(O)cc1. The van der Waals surface area contributed by atoms with Crippen molar-refractivity contribution in [3.8, 4) is 5.75 Å². The lowest BCUT2D eigenvalue weighted by Crippen LogP contribution is -2.64. The molecule has 1 aromatic carbocycles. The molecule has 1 amide bonds. The Labute approximate surface area is 155 Å². The zero-order valence-corrected chi connectivity index (χ0v) is 15.9. The van der Waals surface area contributed by atoms with Crippen LogP contribution in [0, 0.1) is 5.41 Å². The monoisotopic (exact) mass is 358 g/mol. The molecule has 5 nitrogen and oxygen atoms in total. The average Bonchev–Trinajstić information content (AvgIpc) is 3.16. The van der Waals surface area contributed by atoms with E-state index >= 15 is 0 Å². The molecule has 26 heavy (non-hydrogen) atoms. The maximum atomic E-state index is 12.6. The summed E-state index contributed by atoms with van der Waals surface area (Å²) in [5, 5.41) is 9.64. The van der Waals surface area contributed by atoms with Crippen LogP contribution in [-0.4, -0.2) is 59.2 Å². The summed E-state index contributed by atoms with van der Waals surface area (Å²) in [6.07, 6.45) is 3.75. The van der Waals surface area contributed by atoms with E-state index in [2.05, 4.69) is 30.9 Å². The van der Waals surface area contributed by atoms with Crippen LogP contribution in [0.1, 0.15) is 51.1 Å². The second-order valence-electron chi connectivity index (χ2n) is 8.45. The fourth-order valence-electron chi connectivity index (χ4n) is 5.04. The molecule has 0 bridgehead atoms. The van der Waals surface area contributed by atoms with Crippen LogP contribution in [0.15, 0.2) is 24.3 Å². The zero-order chi connectivity index (χ0) is 18.3. The predicted octanol–water partition coefficient (Wildman–Crippen LogP) is 2.95. The van der Waals surface area contributed by atoms with Gasteiger partial charge in [0.1, 0.15) is 11.9 Å². The van der Waals surface area contributed by atoms with Crippen molar-refractivity contribution in [3.05, 3.63) is 29.8 Å². The summed E-state index contributed by atoms with van der Waals surface area (Å²) in [4.78, 5) is 17.2. The summed E-state index contributed by atoms with van der Waals surface area (Å²) < 4.78 is 5.59. The van der Waals surface area contributed by atoms with E-state index in [1.807, 2.05) is 4.90 Å². The number of ether oxygens (including phenoxy) is 1. The Morgan fingerprint density at radius 1 is 1.23 bits per heavy atom. The van der Waals surface area contributed by atoms with Crippen LogP contribution in [0.4, 0.5) is 0 Å². The van der Waals surface area contributed by atoms with Crippen molar-refractivity contribution in [3.63, 3.8) is 0 Å². The van der Waals surface area contributed by atoms with Gasteiger partial charge in [-0.15, -0.1) is 0 Å². The summed E-state index contributed by atoms with van der Waals surface area (Å²) in [6, 6.07) is 8.56. The topological polar surface area (TPSA) is 53.0 Å². The number of phenolic OH excluding ortho intramolecular Hbond substituents is 1. The Hall–Kier alpha value is -1.59. The van der Waals surface area contributed by atoms with Gasteiger partial charge in [0.25, 0.3) is 5.91 Å². The van der Waals surface area contributed by atoms with Crippen molar-refractivity contribution in [2.45, 2.75) is 57.7 Å². The minimum atomic E-state index is -0.203. The number of hydrogen-bond donors (Lipinski definition) is 1. The molecule has 0 aromatic heterocycles. The van der Waals surface area contributed by atoms with Gasteiger partial charge in [0, 0.05) is 43.7 Å². The number of rotatable bonds is 3. The Morgan fingerprint density at radius 2 is 1.92 bits per heavy atom. The number of aromatic hydroxyl groups is 1. The summed E-state index contributed by atoms with van der Waals surface area (Å²) >= 11 is 0. The lowest BCUT2D eigenvalue weighted by atomic mass is 9.62. The van der Waals surface area contributed by atoms with Gasteiger partial charge in [0.05, 0.1) is 0 Å². The number of hydrogen-bond acceptors (Lipinski definition) is 4. The Balaban J connectivity index is 1.47. The Bertz CT molecular complexity index is 644. The number of carbonyl (C=O) groups is 1. The summed E-state index contributed by atoms with van der Waals surface area (Å²) in [5.74, 6) is 0.508. The number of piperidine rings is 1. The molecule has 1 spiro atoms. The summed E-state index contributed by atoms with van der Waals surface area (Å²) in [6.45, 7) is 7.98. The van der Waals surface area contributed by atoms with Crippen molar-refractivity contribution in [2.24, 2.45) is 5.41 Å². The largest absolute Gasteiger partial charge is 0.508 e. The molecule has 3 fully saturated rings. The van der Waals surface area contributed by atoms with E-state index in [1.165, 1.54) is 5.56 Å². The third-order valence-electron chi connectivity index (χ3n) is 6.56. The highest BCUT2D eigenvalue weighted by atomic mass is 16.5. The molecule has 0 radical (unpaired) electrons. The Morgan fingerprint density at radius 3 is 2.50 bits per heavy atom. The van der Waals surface area contributed by atoms with E-state index in [0.717, 1.165) is 51.9 Å². The van der Waals surface area contributed by atoms with E-state index in [-0.39, 0.29) is 17.4 Å². The zero-order valence-electron chi connectivity index (χ0n) is 15.9. The standard InChI is InChI=1S/C21H30N2O3/c1-15(2)23-14-21(19(23)16-5-7-17(24)8-6-16)9-11-22(12-10-21)20(25)18-4-3-13-26-18/h5-8,15,18-19,24H,3-4,9-14H2,1-2H3. The first-order valence-corrected chi connectivity index (χ1v) is 9.95. The molecule has 4 rings (SSSR count). The van der Waals surface area contributed by atoms with Crippen LogP contribution in [0.3, 0.4) is 0 Å². The van der Waals surface area contributed by atoms with E-state index in [4.69, 9.17) is 4.74 Å². The molecule has 1 aromatic rings. The molecule has 3 aliphatic rings. The molecule has 3 aliphatic heterocycles. The lowest BCUT2D eigenvalue weighted by molar-refractivity contribution is -0.154. The molecular formula is C21H30N2O3. The molecule has 142 valence electrons. The summed E-state index contributed by atoms with van der Waals surface area (Å²) in [5.41, 5.74) is 1.52. The maximum Gasteiger partial charge on any atom is 0.251 e. The second kappa shape index (κ2) is 6.86. The molecule has 1 N–H and O–H groups in total. The van der Waals surface area contributed by atoms with Gasteiger partial charge in [-0.2, -0.15) is 0 Å². The van der Waals surface area contributed by atoms with Gasteiger partial charge in [0.15, 0.2) is 0 Å². The average molecular weight is 358 g/mol. The normalized spacial score (nSPS) is 28.5. The fourth-order valence-corrected chi connectivity index (χ4v) is 5.04. The minimum Gasteiger partial charge on any atom is -0.508 e. The molecule has 2 atom stereocenters. The van der Waals surface area contributed by atoms with E-state index < -0.39 is 0 Å². The fraction of sp³-hybridized carbons (Fsp3) is 0.667. The third-order valence-corrected chi connectivity index (χ3v) is 6.56. The number of phenols is 1. The van der Waals surface area contributed by atoms with Gasteiger partial charge in [-0.3, -0.25) is 9.69 Å². The number of likely N-dealkylation sites (tertiary alicyclic amines) is 2. The molecular weight excluding hydrogens is 328 g/mol. The molecule has 5 heteroatoms. The third kappa shape index (κ3) is 3.01. The first kappa shape index (κ1) is 17.8. The highest BCUT2D eigenvalue weighted by molar-refractivity contribution is 5.81. The van der Waals surface area contributed by atoms with Crippen LogP contribution in [0.5, 0.6) is 5.75 Å². The van der Waals surface area contributed by atoms with Crippen molar-refractivity contribution >= 4 is 5.91 Å². The molecule has 3 saturated heterocycles. The number of amides is 1. The highest BCUT2D eigenvalue weighted by Gasteiger charge is 2.55.